The second kappa shape index (κ2) is 7.77. The van der Waals surface area contributed by atoms with Crippen LogP contribution in [0.3, 0.4) is 0 Å². The van der Waals surface area contributed by atoms with E-state index < -0.39 is 10.0 Å². The van der Waals surface area contributed by atoms with Crippen molar-refractivity contribution in [2.45, 2.75) is 36.6 Å². The van der Waals surface area contributed by atoms with Gasteiger partial charge in [-0.3, -0.25) is 4.90 Å². The number of carbonyl (C=O) groups is 1. The Labute approximate surface area is 184 Å². The quantitative estimate of drug-likeness (QED) is 0.585. The number of nitrogens with zero attached hydrogens (tertiary/aromatic N) is 3. The molecule has 162 valence electrons. The van der Waals surface area contributed by atoms with Crippen molar-refractivity contribution in [2.24, 2.45) is 0 Å². The number of aromatic nitrogens is 1. The van der Waals surface area contributed by atoms with Gasteiger partial charge in [-0.2, -0.15) is 4.31 Å². The van der Waals surface area contributed by atoms with Crippen molar-refractivity contribution in [1.29, 1.82) is 0 Å². The van der Waals surface area contributed by atoms with Gasteiger partial charge in [0.1, 0.15) is 10.8 Å². The molecule has 10 heteroatoms. The number of fused-ring (bicyclic) bond motifs is 1. The number of hydrogen-bond acceptors (Lipinski definition) is 7. The Morgan fingerprint density at radius 3 is 2.68 bits per heavy atom. The fourth-order valence-corrected chi connectivity index (χ4v) is 7.01. The molecule has 0 N–H and O–H groups in total. The standard InChI is InChI=1S/C21H21N3O5S2/c1-14-2-3-17-15(12-14)13-28-21(25)24(17)16-7-10-23(11-8-16)31(26,27)20-5-4-19(30-20)18-6-9-22-29-18/h2-6,9,12,16H,7-8,10-11,13H2,1H3. The molecule has 0 saturated carbocycles. The zero-order valence-electron chi connectivity index (χ0n) is 16.9. The van der Waals surface area contributed by atoms with Crippen molar-refractivity contribution >= 4 is 33.1 Å². The first kappa shape index (κ1) is 20.2. The average molecular weight is 460 g/mol. The molecule has 3 aromatic rings. The van der Waals surface area contributed by atoms with Crippen LogP contribution >= 0.6 is 11.3 Å². The van der Waals surface area contributed by atoms with Gasteiger partial charge in [0.05, 0.1) is 16.8 Å². The summed E-state index contributed by atoms with van der Waals surface area (Å²) >= 11 is 1.16. The van der Waals surface area contributed by atoms with Gasteiger partial charge in [-0.15, -0.1) is 11.3 Å². The first-order chi connectivity index (χ1) is 14.9. The minimum Gasteiger partial charge on any atom is -0.444 e. The van der Waals surface area contributed by atoms with Gasteiger partial charge in [0.25, 0.3) is 10.0 Å². The normalized spacial score (nSPS) is 18.1. The van der Waals surface area contributed by atoms with Gasteiger partial charge in [-0.05, 0) is 38.0 Å². The summed E-state index contributed by atoms with van der Waals surface area (Å²) in [5.41, 5.74) is 2.95. The lowest BCUT2D eigenvalue weighted by Crippen LogP contribution is -2.50. The molecule has 0 spiro atoms. The Hall–Kier alpha value is -2.69. The van der Waals surface area contributed by atoms with E-state index in [-0.39, 0.29) is 23.0 Å². The number of benzene rings is 1. The summed E-state index contributed by atoms with van der Waals surface area (Å²) in [7, 11) is -3.61. The van der Waals surface area contributed by atoms with E-state index in [0.717, 1.165) is 28.2 Å². The third-order valence-corrected chi connectivity index (χ3v) is 9.15. The summed E-state index contributed by atoms with van der Waals surface area (Å²) in [6.07, 6.45) is 2.25. The fourth-order valence-electron chi connectivity index (χ4n) is 4.12. The summed E-state index contributed by atoms with van der Waals surface area (Å²) in [4.78, 5) is 14.9. The van der Waals surface area contributed by atoms with E-state index in [2.05, 4.69) is 5.16 Å². The lowest BCUT2D eigenvalue weighted by atomic mass is 10.0. The maximum Gasteiger partial charge on any atom is 0.414 e. The molecular formula is C21H21N3O5S2. The molecule has 2 aliphatic rings. The lowest BCUT2D eigenvalue weighted by molar-refractivity contribution is 0.135. The second-order valence-electron chi connectivity index (χ2n) is 7.69. The van der Waals surface area contributed by atoms with E-state index in [0.29, 0.717) is 36.6 Å². The molecule has 31 heavy (non-hydrogen) atoms. The molecule has 1 saturated heterocycles. The molecule has 2 aromatic heterocycles. The van der Waals surface area contributed by atoms with Gasteiger partial charge < -0.3 is 9.26 Å². The lowest BCUT2D eigenvalue weighted by Gasteiger charge is -2.39. The Balaban J connectivity index is 1.32. The van der Waals surface area contributed by atoms with Crippen LogP contribution < -0.4 is 4.90 Å². The van der Waals surface area contributed by atoms with E-state index in [1.54, 1.807) is 23.1 Å². The number of carbonyl (C=O) groups excluding carboxylic acids is 1. The zero-order chi connectivity index (χ0) is 21.6. The van der Waals surface area contributed by atoms with E-state index in [1.807, 2.05) is 25.1 Å². The second-order valence-corrected chi connectivity index (χ2v) is 10.9. The van der Waals surface area contributed by atoms with Crippen LogP contribution in [0.1, 0.15) is 24.0 Å². The highest BCUT2D eigenvalue weighted by Crippen LogP contribution is 2.35. The fraction of sp³-hybridized carbons (Fsp3) is 0.333. The number of cyclic esters (lactones) is 1. The van der Waals surface area contributed by atoms with Gasteiger partial charge in [-0.1, -0.05) is 22.9 Å². The van der Waals surface area contributed by atoms with Crippen molar-refractivity contribution in [3.8, 4) is 10.6 Å². The Morgan fingerprint density at radius 1 is 1.13 bits per heavy atom. The van der Waals surface area contributed by atoms with E-state index in [4.69, 9.17) is 9.26 Å². The molecule has 0 unspecified atom stereocenters. The highest BCUT2D eigenvalue weighted by Gasteiger charge is 2.37. The monoisotopic (exact) mass is 459 g/mol. The van der Waals surface area contributed by atoms with E-state index in [9.17, 15) is 13.2 Å². The number of rotatable bonds is 4. The van der Waals surface area contributed by atoms with Crippen molar-refractivity contribution in [2.75, 3.05) is 18.0 Å². The number of amides is 1. The van der Waals surface area contributed by atoms with Gasteiger partial charge in [-0.25, -0.2) is 13.2 Å². The molecule has 8 nitrogen and oxygen atoms in total. The number of piperidine rings is 1. The summed E-state index contributed by atoms with van der Waals surface area (Å²) < 4.78 is 38.5. The van der Waals surface area contributed by atoms with Crippen molar-refractivity contribution in [1.82, 2.24) is 9.46 Å². The molecule has 2 aliphatic heterocycles. The predicted molar refractivity (Wildman–Crippen MR) is 115 cm³/mol. The molecule has 0 atom stereocenters. The number of ether oxygens (including phenoxy) is 1. The molecule has 0 bridgehead atoms. The number of sulfonamides is 1. The molecule has 1 amide bonds. The van der Waals surface area contributed by atoms with Crippen LogP contribution in [0.2, 0.25) is 0 Å². The molecule has 1 aromatic carbocycles. The first-order valence-corrected chi connectivity index (χ1v) is 12.3. The number of anilines is 1. The van der Waals surface area contributed by atoms with Crippen LogP contribution in [0.5, 0.6) is 0 Å². The first-order valence-electron chi connectivity index (χ1n) is 10.00. The Kier molecular flexibility index (Phi) is 5.07. The van der Waals surface area contributed by atoms with Crippen LogP contribution in [0, 0.1) is 6.92 Å². The van der Waals surface area contributed by atoms with E-state index in [1.165, 1.54) is 10.5 Å². The van der Waals surface area contributed by atoms with Crippen LogP contribution in [-0.2, 0) is 21.4 Å². The minimum atomic E-state index is -3.61. The molecule has 0 radical (unpaired) electrons. The summed E-state index contributed by atoms with van der Waals surface area (Å²) in [6, 6.07) is 10.9. The maximum atomic E-state index is 13.1. The SMILES string of the molecule is Cc1ccc2c(c1)COC(=O)N2C1CCN(S(=O)(=O)c2ccc(-c3ccno3)s2)CC1. The van der Waals surface area contributed by atoms with Gasteiger partial charge in [0, 0.05) is 30.8 Å². The number of thiophene rings is 1. The predicted octanol–water partition coefficient (Wildman–Crippen LogP) is 4.02. The van der Waals surface area contributed by atoms with Crippen LogP contribution in [0.4, 0.5) is 10.5 Å². The summed E-state index contributed by atoms with van der Waals surface area (Å²) in [5.74, 6) is 0.544. The zero-order valence-corrected chi connectivity index (χ0v) is 18.5. The van der Waals surface area contributed by atoms with Crippen LogP contribution in [0.15, 0.2) is 51.3 Å². The minimum absolute atomic E-state index is 0.103. The van der Waals surface area contributed by atoms with Crippen molar-refractivity contribution in [3.05, 3.63) is 53.7 Å². The van der Waals surface area contributed by atoms with Crippen LogP contribution in [-0.4, -0.2) is 43.1 Å². The molecule has 4 heterocycles. The molecule has 1 fully saturated rings. The van der Waals surface area contributed by atoms with Gasteiger partial charge in [0.2, 0.25) is 0 Å². The number of aryl methyl sites for hydroxylation is 1. The topological polar surface area (TPSA) is 93.0 Å². The molecule has 5 rings (SSSR count). The smallest absolute Gasteiger partial charge is 0.414 e. The molecular weight excluding hydrogens is 438 g/mol. The maximum absolute atomic E-state index is 13.1. The van der Waals surface area contributed by atoms with Gasteiger partial charge in [0.15, 0.2) is 5.76 Å². The highest BCUT2D eigenvalue weighted by atomic mass is 32.2. The van der Waals surface area contributed by atoms with E-state index >= 15 is 0 Å². The van der Waals surface area contributed by atoms with Crippen LogP contribution in [0.25, 0.3) is 10.6 Å². The number of hydrogen-bond donors (Lipinski definition) is 0. The van der Waals surface area contributed by atoms with Gasteiger partial charge >= 0.3 is 6.09 Å². The largest absolute Gasteiger partial charge is 0.444 e. The summed E-state index contributed by atoms with van der Waals surface area (Å²) in [5, 5.41) is 3.67. The summed E-state index contributed by atoms with van der Waals surface area (Å²) in [6.45, 7) is 2.95. The highest BCUT2D eigenvalue weighted by molar-refractivity contribution is 7.91. The third-order valence-electron chi connectivity index (χ3n) is 5.69. The average Bonchev–Trinajstić information content (AvgIpc) is 3.46. The van der Waals surface area contributed by atoms with Crippen molar-refractivity contribution in [3.63, 3.8) is 0 Å². The Bertz CT molecular complexity index is 1210. The van der Waals surface area contributed by atoms with Crippen molar-refractivity contribution < 1.29 is 22.5 Å². The third kappa shape index (κ3) is 3.64. The molecule has 0 aliphatic carbocycles. The Morgan fingerprint density at radius 2 is 1.94 bits per heavy atom.